The van der Waals surface area contributed by atoms with Crippen LogP contribution in [0.1, 0.15) is 26.7 Å². The van der Waals surface area contributed by atoms with Crippen molar-refractivity contribution in [2.24, 2.45) is 5.92 Å². The number of hydrogen-bond acceptors (Lipinski definition) is 1. The molecule has 1 heteroatoms. The van der Waals surface area contributed by atoms with E-state index in [-0.39, 0.29) is 0 Å². The van der Waals surface area contributed by atoms with Gasteiger partial charge < -0.3 is 0 Å². The lowest BCUT2D eigenvalue weighted by Crippen LogP contribution is -1.92. The Labute approximate surface area is 57.1 Å². The second-order valence-electron chi connectivity index (χ2n) is 2.21. The maximum absolute atomic E-state index is 3.71. The maximum Gasteiger partial charge on any atom is 0.00235 e. The number of hydrogen-bond donors (Lipinski definition) is 0. The van der Waals surface area contributed by atoms with Crippen molar-refractivity contribution in [2.45, 2.75) is 26.7 Å². The minimum absolute atomic E-state index is 0.893. The summed E-state index contributed by atoms with van der Waals surface area (Å²) in [7, 11) is 0. The molecule has 0 aliphatic carbocycles. The Morgan fingerprint density at radius 3 is 2.62 bits per heavy atom. The fourth-order valence-electron chi connectivity index (χ4n) is 0.489. The van der Waals surface area contributed by atoms with Crippen molar-refractivity contribution < 1.29 is 0 Å². The first-order valence-corrected chi connectivity index (χ1v) is 4.33. The lowest BCUT2D eigenvalue weighted by molar-refractivity contribution is 0.549. The van der Waals surface area contributed by atoms with Crippen molar-refractivity contribution in [2.75, 3.05) is 5.75 Å². The molecule has 1 radical (unpaired) electrons. The number of thioether (sulfide) groups is 1. The van der Waals surface area contributed by atoms with Gasteiger partial charge in [-0.3, -0.25) is 0 Å². The Balaban J connectivity index is 2.86. The van der Waals surface area contributed by atoms with E-state index in [1.807, 2.05) is 0 Å². The van der Waals surface area contributed by atoms with Gasteiger partial charge in [0.25, 0.3) is 0 Å². The summed E-state index contributed by atoms with van der Waals surface area (Å²) >= 11 is 1.70. The van der Waals surface area contributed by atoms with E-state index in [4.69, 9.17) is 0 Å². The van der Waals surface area contributed by atoms with E-state index in [2.05, 4.69) is 20.1 Å². The SMILES string of the molecule is [CH2]SCCC(C)CC. The standard InChI is InChI=1S/C7H15S/c1-4-7(2)5-6-8-3/h7H,3-6H2,1-2H3. The molecule has 0 spiro atoms. The minimum atomic E-state index is 0.893. The first kappa shape index (κ1) is 8.35. The zero-order valence-electron chi connectivity index (χ0n) is 5.81. The van der Waals surface area contributed by atoms with Gasteiger partial charge >= 0.3 is 0 Å². The number of rotatable bonds is 4. The molecule has 1 atom stereocenters. The molecule has 8 heavy (non-hydrogen) atoms. The van der Waals surface area contributed by atoms with Crippen LogP contribution < -0.4 is 0 Å². The van der Waals surface area contributed by atoms with Crippen LogP contribution in [0.25, 0.3) is 0 Å². The first-order chi connectivity index (χ1) is 3.81. The molecule has 0 amide bonds. The highest BCUT2D eigenvalue weighted by Gasteiger charge is 1.94. The average molecular weight is 131 g/mol. The van der Waals surface area contributed by atoms with Crippen molar-refractivity contribution in [3.05, 3.63) is 6.26 Å². The molecule has 0 aliphatic rings. The molecule has 0 nitrogen and oxygen atoms in total. The summed E-state index contributed by atoms with van der Waals surface area (Å²) in [5.41, 5.74) is 0. The normalized spacial score (nSPS) is 13.9. The summed E-state index contributed by atoms with van der Waals surface area (Å²) in [6.45, 7) is 4.52. The molecule has 1 unspecified atom stereocenters. The highest BCUT2D eigenvalue weighted by Crippen LogP contribution is 2.10. The molecule has 0 N–H and O–H groups in total. The molecule has 0 bridgehead atoms. The van der Waals surface area contributed by atoms with Gasteiger partial charge in [0.1, 0.15) is 0 Å². The molecule has 0 heterocycles. The zero-order valence-corrected chi connectivity index (χ0v) is 6.63. The summed E-state index contributed by atoms with van der Waals surface area (Å²) in [6, 6.07) is 0. The third-order valence-electron chi connectivity index (χ3n) is 1.45. The maximum atomic E-state index is 3.71. The Bertz CT molecular complexity index is 43.7. The molecule has 0 aromatic carbocycles. The minimum Gasteiger partial charge on any atom is -0.161 e. The van der Waals surface area contributed by atoms with E-state index in [0.29, 0.717) is 0 Å². The van der Waals surface area contributed by atoms with Crippen LogP contribution in [0.15, 0.2) is 0 Å². The third kappa shape index (κ3) is 4.51. The zero-order chi connectivity index (χ0) is 6.41. The van der Waals surface area contributed by atoms with E-state index in [1.165, 1.54) is 18.6 Å². The summed E-state index contributed by atoms with van der Waals surface area (Å²) < 4.78 is 0. The van der Waals surface area contributed by atoms with Gasteiger partial charge in [-0.15, -0.1) is 0 Å². The van der Waals surface area contributed by atoms with Gasteiger partial charge in [-0.1, -0.05) is 20.3 Å². The summed E-state index contributed by atoms with van der Waals surface area (Å²) in [5.74, 6) is 2.11. The molecule has 0 aliphatic heterocycles. The van der Waals surface area contributed by atoms with Gasteiger partial charge in [-0.05, 0) is 18.1 Å². The molecule has 0 aromatic rings. The lowest BCUT2D eigenvalue weighted by Gasteiger charge is -2.04. The van der Waals surface area contributed by atoms with Crippen molar-refractivity contribution >= 4 is 11.8 Å². The molecule has 0 fully saturated rings. The molecule has 0 saturated heterocycles. The second-order valence-corrected chi connectivity index (χ2v) is 3.03. The topological polar surface area (TPSA) is 0 Å². The lowest BCUT2D eigenvalue weighted by atomic mass is 10.1. The first-order valence-electron chi connectivity index (χ1n) is 3.18. The van der Waals surface area contributed by atoms with Gasteiger partial charge in [0.05, 0.1) is 0 Å². The predicted octanol–water partition coefficient (Wildman–Crippen LogP) is 2.95. The molecular weight excluding hydrogens is 116 g/mol. The largest absolute Gasteiger partial charge is 0.161 e. The van der Waals surface area contributed by atoms with Crippen LogP contribution in [0.2, 0.25) is 0 Å². The Morgan fingerprint density at radius 2 is 2.25 bits per heavy atom. The fourth-order valence-corrected chi connectivity index (χ4v) is 1.06. The van der Waals surface area contributed by atoms with Gasteiger partial charge in [0, 0.05) is 6.26 Å². The summed E-state index contributed by atoms with van der Waals surface area (Å²) in [4.78, 5) is 0. The van der Waals surface area contributed by atoms with Crippen molar-refractivity contribution in [3.63, 3.8) is 0 Å². The predicted molar refractivity (Wildman–Crippen MR) is 41.9 cm³/mol. The smallest absolute Gasteiger partial charge is 0.00235 e. The molecule has 49 valence electrons. The highest BCUT2D eigenvalue weighted by atomic mass is 32.2. The van der Waals surface area contributed by atoms with Crippen LogP contribution in [0.3, 0.4) is 0 Å². The highest BCUT2D eigenvalue weighted by molar-refractivity contribution is 8.00. The summed E-state index contributed by atoms with van der Waals surface area (Å²) in [5, 5.41) is 0. The average Bonchev–Trinajstić information content (AvgIpc) is 1.83. The Kier molecular flexibility index (Phi) is 5.73. The van der Waals surface area contributed by atoms with Gasteiger partial charge in [0.15, 0.2) is 0 Å². The van der Waals surface area contributed by atoms with Crippen LogP contribution in [0, 0.1) is 12.2 Å². The van der Waals surface area contributed by atoms with Gasteiger partial charge in [-0.25, -0.2) is 0 Å². The fraction of sp³-hybridized carbons (Fsp3) is 0.857. The molecule has 0 rings (SSSR count). The third-order valence-corrected chi connectivity index (χ3v) is 1.98. The van der Waals surface area contributed by atoms with Crippen LogP contribution in [-0.4, -0.2) is 5.75 Å². The van der Waals surface area contributed by atoms with Gasteiger partial charge in [0.2, 0.25) is 0 Å². The Hall–Kier alpha value is 0.350. The van der Waals surface area contributed by atoms with Crippen LogP contribution >= 0.6 is 11.8 Å². The van der Waals surface area contributed by atoms with Crippen LogP contribution in [-0.2, 0) is 0 Å². The van der Waals surface area contributed by atoms with E-state index in [1.54, 1.807) is 11.8 Å². The quantitative estimate of drug-likeness (QED) is 0.565. The van der Waals surface area contributed by atoms with Crippen molar-refractivity contribution in [3.8, 4) is 0 Å². The van der Waals surface area contributed by atoms with E-state index < -0.39 is 0 Å². The van der Waals surface area contributed by atoms with Crippen molar-refractivity contribution in [1.29, 1.82) is 0 Å². The second kappa shape index (κ2) is 5.49. The molecule has 0 aromatic heterocycles. The van der Waals surface area contributed by atoms with Crippen LogP contribution in [0.5, 0.6) is 0 Å². The van der Waals surface area contributed by atoms with Crippen molar-refractivity contribution in [1.82, 2.24) is 0 Å². The van der Waals surface area contributed by atoms with E-state index >= 15 is 0 Å². The van der Waals surface area contributed by atoms with Gasteiger partial charge in [-0.2, -0.15) is 11.8 Å². The molecule has 0 saturated carbocycles. The monoisotopic (exact) mass is 131 g/mol. The summed E-state index contributed by atoms with van der Waals surface area (Å²) in [6.07, 6.45) is 6.34. The van der Waals surface area contributed by atoms with E-state index in [9.17, 15) is 0 Å². The Morgan fingerprint density at radius 1 is 1.62 bits per heavy atom. The molecular formula is C7H15S. The van der Waals surface area contributed by atoms with Crippen LogP contribution in [0.4, 0.5) is 0 Å². The van der Waals surface area contributed by atoms with E-state index in [0.717, 1.165) is 5.92 Å².